The van der Waals surface area contributed by atoms with E-state index in [-0.39, 0.29) is 18.4 Å². The Labute approximate surface area is 141 Å². The number of nitrogens with one attached hydrogen (secondary N) is 1. The van der Waals surface area contributed by atoms with E-state index in [4.69, 9.17) is 4.74 Å². The second-order valence-electron chi connectivity index (χ2n) is 5.99. The van der Waals surface area contributed by atoms with Gasteiger partial charge in [0, 0.05) is 12.6 Å². The number of aryl methyl sites for hydroxylation is 2. The summed E-state index contributed by atoms with van der Waals surface area (Å²) in [4.78, 5) is 26.0. The molecule has 0 spiro atoms. The van der Waals surface area contributed by atoms with Gasteiger partial charge in [-0.25, -0.2) is 0 Å². The van der Waals surface area contributed by atoms with Crippen LogP contribution in [0.1, 0.15) is 18.1 Å². The standard InChI is InChI=1S/C19H20N2O3/c1-12-8-9-15(10-13(12)2)20-19(23)18-11-21(14(3)22)16-6-4-5-7-17(16)24-18/h4-10,18H,11H2,1-3H3,(H,20,23). The molecule has 2 aromatic carbocycles. The lowest BCUT2D eigenvalue weighted by atomic mass is 10.1. The van der Waals surface area contributed by atoms with Crippen LogP contribution in [0.25, 0.3) is 0 Å². The average molecular weight is 324 g/mol. The zero-order valence-electron chi connectivity index (χ0n) is 14.0. The SMILES string of the molecule is CC(=O)N1CC(C(=O)Nc2ccc(C)c(C)c2)Oc2ccccc21. The van der Waals surface area contributed by atoms with Gasteiger partial charge in [-0.2, -0.15) is 0 Å². The number of benzene rings is 2. The first-order chi connectivity index (χ1) is 11.5. The fourth-order valence-electron chi connectivity index (χ4n) is 2.71. The molecule has 5 nitrogen and oxygen atoms in total. The highest BCUT2D eigenvalue weighted by Gasteiger charge is 2.32. The quantitative estimate of drug-likeness (QED) is 0.923. The predicted molar refractivity (Wildman–Crippen MR) is 93.4 cm³/mol. The van der Waals surface area contributed by atoms with Crippen molar-refractivity contribution in [1.29, 1.82) is 0 Å². The number of hydrogen-bond donors (Lipinski definition) is 1. The van der Waals surface area contributed by atoms with Crippen molar-refractivity contribution in [3.63, 3.8) is 0 Å². The molecule has 1 aliphatic heterocycles. The van der Waals surface area contributed by atoms with Crippen LogP contribution in [0.4, 0.5) is 11.4 Å². The van der Waals surface area contributed by atoms with Crippen molar-refractivity contribution < 1.29 is 14.3 Å². The molecule has 0 aliphatic carbocycles. The molecule has 1 aliphatic rings. The average Bonchev–Trinajstić information content (AvgIpc) is 2.57. The monoisotopic (exact) mass is 324 g/mol. The van der Waals surface area contributed by atoms with E-state index in [1.54, 1.807) is 11.0 Å². The first-order valence-electron chi connectivity index (χ1n) is 7.87. The van der Waals surface area contributed by atoms with E-state index in [9.17, 15) is 9.59 Å². The van der Waals surface area contributed by atoms with Gasteiger partial charge >= 0.3 is 0 Å². The van der Waals surface area contributed by atoms with Crippen LogP contribution < -0.4 is 15.0 Å². The highest BCUT2D eigenvalue weighted by Crippen LogP contribution is 2.33. The van der Waals surface area contributed by atoms with Crippen LogP contribution in [-0.2, 0) is 9.59 Å². The molecule has 2 aromatic rings. The summed E-state index contributed by atoms with van der Waals surface area (Å²) in [6, 6.07) is 13.0. The van der Waals surface area contributed by atoms with Gasteiger partial charge in [0.2, 0.25) is 5.91 Å². The van der Waals surface area contributed by atoms with Crippen molar-refractivity contribution in [3.05, 3.63) is 53.6 Å². The van der Waals surface area contributed by atoms with Crippen LogP contribution in [0.2, 0.25) is 0 Å². The Bertz CT molecular complexity index is 801. The zero-order chi connectivity index (χ0) is 17.3. The Kier molecular flexibility index (Phi) is 4.25. The van der Waals surface area contributed by atoms with Gasteiger partial charge in [-0.05, 0) is 49.2 Å². The van der Waals surface area contributed by atoms with Crippen molar-refractivity contribution in [2.24, 2.45) is 0 Å². The topological polar surface area (TPSA) is 58.6 Å². The molecule has 1 atom stereocenters. The summed E-state index contributed by atoms with van der Waals surface area (Å²) in [5.41, 5.74) is 3.69. The maximum atomic E-state index is 12.6. The zero-order valence-corrected chi connectivity index (χ0v) is 14.0. The summed E-state index contributed by atoms with van der Waals surface area (Å²) in [5.74, 6) is 0.160. The minimum Gasteiger partial charge on any atom is -0.476 e. The van der Waals surface area contributed by atoms with E-state index in [1.807, 2.05) is 50.2 Å². The van der Waals surface area contributed by atoms with Gasteiger partial charge in [0.15, 0.2) is 6.10 Å². The molecule has 1 unspecified atom stereocenters. The van der Waals surface area contributed by atoms with E-state index < -0.39 is 6.10 Å². The lowest BCUT2D eigenvalue weighted by Gasteiger charge is -2.33. The normalized spacial score (nSPS) is 16.1. The Balaban J connectivity index is 1.81. The molecule has 0 aromatic heterocycles. The maximum absolute atomic E-state index is 12.6. The first-order valence-corrected chi connectivity index (χ1v) is 7.87. The molecule has 0 bridgehead atoms. The molecule has 0 fully saturated rings. The van der Waals surface area contributed by atoms with Crippen LogP contribution in [0.3, 0.4) is 0 Å². The third-order valence-corrected chi connectivity index (χ3v) is 4.22. The van der Waals surface area contributed by atoms with Crippen LogP contribution in [-0.4, -0.2) is 24.5 Å². The molecule has 0 saturated heterocycles. The minimum atomic E-state index is -0.745. The molecule has 3 rings (SSSR count). The fraction of sp³-hybridized carbons (Fsp3) is 0.263. The summed E-state index contributed by atoms with van der Waals surface area (Å²) in [7, 11) is 0. The molecule has 1 N–H and O–H groups in total. The van der Waals surface area contributed by atoms with Gasteiger partial charge in [-0.1, -0.05) is 18.2 Å². The first kappa shape index (κ1) is 16.1. The van der Waals surface area contributed by atoms with Crippen molar-refractivity contribution in [2.45, 2.75) is 26.9 Å². The van der Waals surface area contributed by atoms with Gasteiger partial charge in [-0.3, -0.25) is 9.59 Å². The fourth-order valence-corrected chi connectivity index (χ4v) is 2.71. The molecule has 1 heterocycles. The number of ether oxygens (including phenoxy) is 1. The summed E-state index contributed by atoms with van der Waals surface area (Å²) in [6.45, 7) is 5.70. The number of hydrogen-bond acceptors (Lipinski definition) is 3. The molecular weight excluding hydrogens is 304 g/mol. The van der Waals surface area contributed by atoms with Crippen molar-refractivity contribution in [1.82, 2.24) is 0 Å². The van der Waals surface area contributed by atoms with Crippen LogP contribution in [0.5, 0.6) is 5.75 Å². The van der Waals surface area contributed by atoms with Crippen LogP contribution in [0.15, 0.2) is 42.5 Å². The van der Waals surface area contributed by atoms with E-state index in [2.05, 4.69) is 5.32 Å². The summed E-state index contributed by atoms with van der Waals surface area (Å²) < 4.78 is 5.79. The Morgan fingerprint density at radius 3 is 2.58 bits per heavy atom. The Morgan fingerprint density at radius 2 is 1.88 bits per heavy atom. The van der Waals surface area contributed by atoms with Crippen LogP contribution in [0, 0.1) is 13.8 Å². The van der Waals surface area contributed by atoms with Gasteiger partial charge in [0.25, 0.3) is 5.91 Å². The van der Waals surface area contributed by atoms with Crippen molar-refractivity contribution in [3.8, 4) is 5.75 Å². The number of anilines is 2. The number of carbonyl (C=O) groups is 2. The second kappa shape index (κ2) is 6.35. The summed E-state index contributed by atoms with van der Waals surface area (Å²) in [6.07, 6.45) is -0.745. The number of para-hydroxylation sites is 2. The van der Waals surface area contributed by atoms with Gasteiger partial charge in [-0.15, -0.1) is 0 Å². The van der Waals surface area contributed by atoms with Crippen LogP contribution >= 0.6 is 0 Å². The Morgan fingerprint density at radius 1 is 1.12 bits per heavy atom. The second-order valence-corrected chi connectivity index (χ2v) is 5.99. The Hall–Kier alpha value is -2.82. The van der Waals surface area contributed by atoms with Gasteiger partial charge in [0.05, 0.1) is 12.2 Å². The molecule has 2 amide bonds. The number of carbonyl (C=O) groups excluding carboxylic acids is 2. The highest BCUT2D eigenvalue weighted by atomic mass is 16.5. The van der Waals surface area contributed by atoms with E-state index in [0.717, 1.165) is 11.3 Å². The molecular formula is C19H20N2O3. The molecule has 24 heavy (non-hydrogen) atoms. The predicted octanol–water partition coefficient (Wildman–Crippen LogP) is 3.06. The summed E-state index contributed by atoms with van der Waals surface area (Å²) in [5, 5.41) is 2.87. The lowest BCUT2D eigenvalue weighted by molar-refractivity contribution is -0.123. The summed E-state index contributed by atoms with van der Waals surface area (Å²) >= 11 is 0. The van der Waals surface area contributed by atoms with Crippen molar-refractivity contribution in [2.75, 3.05) is 16.8 Å². The van der Waals surface area contributed by atoms with E-state index in [0.29, 0.717) is 11.4 Å². The van der Waals surface area contributed by atoms with Gasteiger partial charge < -0.3 is 15.0 Å². The highest BCUT2D eigenvalue weighted by molar-refractivity contribution is 5.99. The van der Waals surface area contributed by atoms with E-state index in [1.165, 1.54) is 12.5 Å². The minimum absolute atomic E-state index is 0.116. The molecule has 5 heteroatoms. The number of amides is 2. The number of rotatable bonds is 2. The van der Waals surface area contributed by atoms with Crippen molar-refractivity contribution >= 4 is 23.2 Å². The third kappa shape index (κ3) is 3.11. The van der Waals surface area contributed by atoms with E-state index >= 15 is 0 Å². The number of fused-ring (bicyclic) bond motifs is 1. The smallest absolute Gasteiger partial charge is 0.267 e. The molecule has 0 saturated carbocycles. The largest absolute Gasteiger partial charge is 0.476 e. The third-order valence-electron chi connectivity index (χ3n) is 4.22. The molecule has 0 radical (unpaired) electrons. The maximum Gasteiger partial charge on any atom is 0.267 e. The number of nitrogens with zero attached hydrogens (tertiary/aromatic N) is 1. The molecule has 124 valence electrons. The lowest BCUT2D eigenvalue weighted by Crippen LogP contribution is -2.48. The van der Waals surface area contributed by atoms with Gasteiger partial charge in [0.1, 0.15) is 5.75 Å².